The molecule has 0 aromatic heterocycles. The Labute approximate surface area is 154 Å². The van der Waals surface area contributed by atoms with E-state index in [0.717, 1.165) is 44.4 Å². The molecule has 1 aliphatic carbocycles. The first-order valence-electron chi connectivity index (χ1n) is 9.31. The summed E-state index contributed by atoms with van der Waals surface area (Å²) in [4.78, 5) is 30.3. The number of carbonyl (C=O) groups excluding carboxylic acids is 2. The Balaban J connectivity index is 1.51. The third-order valence-corrected chi connectivity index (χ3v) is 6.08. The van der Waals surface area contributed by atoms with E-state index in [-0.39, 0.29) is 23.8 Å². The van der Waals surface area contributed by atoms with Crippen LogP contribution >= 0.6 is 11.8 Å². The van der Waals surface area contributed by atoms with Crippen LogP contribution in [0.2, 0.25) is 0 Å². The van der Waals surface area contributed by atoms with E-state index < -0.39 is 0 Å². The van der Waals surface area contributed by atoms with Crippen LogP contribution in [0.1, 0.15) is 37.7 Å². The molecular formula is C20H28N2O2S. The maximum Gasteiger partial charge on any atom is 0.245 e. The predicted octanol–water partition coefficient (Wildman–Crippen LogP) is 3.34. The molecule has 0 N–H and O–H groups in total. The number of hydrogen-bond donors (Lipinski definition) is 0. The van der Waals surface area contributed by atoms with Crippen molar-refractivity contribution in [1.29, 1.82) is 0 Å². The van der Waals surface area contributed by atoms with Gasteiger partial charge in [0.2, 0.25) is 11.8 Å². The highest BCUT2D eigenvalue weighted by Gasteiger charge is 2.40. The number of likely N-dealkylation sites (N-methyl/N-ethyl adjacent to an activating group) is 1. The summed E-state index contributed by atoms with van der Waals surface area (Å²) in [5.74, 6) is 1.38. The first-order valence-corrected chi connectivity index (χ1v) is 10.3. The summed E-state index contributed by atoms with van der Waals surface area (Å²) in [5, 5.41) is 0. The highest BCUT2D eigenvalue weighted by molar-refractivity contribution is 7.99. The van der Waals surface area contributed by atoms with Crippen molar-refractivity contribution in [1.82, 2.24) is 9.80 Å². The van der Waals surface area contributed by atoms with Crippen molar-refractivity contribution in [3.63, 3.8) is 0 Å². The van der Waals surface area contributed by atoms with Crippen LogP contribution in [-0.4, -0.2) is 53.5 Å². The Morgan fingerprint density at radius 2 is 1.88 bits per heavy atom. The Morgan fingerprint density at radius 3 is 2.56 bits per heavy atom. The summed E-state index contributed by atoms with van der Waals surface area (Å²) in [5.41, 5.74) is 1.26. The fourth-order valence-electron chi connectivity index (χ4n) is 3.32. The maximum absolute atomic E-state index is 12.9. The van der Waals surface area contributed by atoms with Crippen molar-refractivity contribution in [2.45, 2.75) is 50.0 Å². The van der Waals surface area contributed by atoms with Crippen molar-refractivity contribution in [3.8, 4) is 0 Å². The molecule has 1 aromatic rings. The molecular weight excluding hydrogens is 332 g/mol. The van der Waals surface area contributed by atoms with Gasteiger partial charge < -0.3 is 9.80 Å². The van der Waals surface area contributed by atoms with Gasteiger partial charge in [0.15, 0.2) is 0 Å². The molecule has 1 atom stereocenters. The van der Waals surface area contributed by atoms with Crippen LogP contribution in [0.4, 0.5) is 0 Å². The van der Waals surface area contributed by atoms with Crippen molar-refractivity contribution in [2.75, 3.05) is 25.9 Å². The van der Waals surface area contributed by atoms with Gasteiger partial charge in [0.1, 0.15) is 6.04 Å². The summed E-state index contributed by atoms with van der Waals surface area (Å²) in [6.07, 6.45) is 4.87. The molecule has 2 amide bonds. The number of likely N-dealkylation sites (tertiary alicyclic amines) is 1. The number of benzene rings is 1. The van der Waals surface area contributed by atoms with Crippen molar-refractivity contribution >= 4 is 23.6 Å². The minimum absolute atomic E-state index is 0.109. The van der Waals surface area contributed by atoms with Crippen LogP contribution in [-0.2, 0) is 9.59 Å². The lowest BCUT2D eigenvalue weighted by atomic mass is 10.00. The molecule has 0 bridgehead atoms. The van der Waals surface area contributed by atoms with Gasteiger partial charge >= 0.3 is 0 Å². The second kappa shape index (κ2) is 8.26. The molecule has 5 heteroatoms. The zero-order chi connectivity index (χ0) is 17.8. The fourth-order valence-corrected chi connectivity index (χ4v) is 4.25. The molecule has 3 rings (SSSR count). The van der Waals surface area contributed by atoms with Crippen LogP contribution in [0.25, 0.3) is 0 Å². The molecule has 4 nitrogen and oxygen atoms in total. The fraction of sp³-hybridized carbons (Fsp3) is 0.600. The average molecular weight is 361 g/mol. The van der Waals surface area contributed by atoms with Crippen LogP contribution < -0.4 is 0 Å². The third-order valence-electron chi connectivity index (χ3n) is 5.09. The van der Waals surface area contributed by atoms with E-state index >= 15 is 0 Å². The summed E-state index contributed by atoms with van der Waals surface area (Å²) in [6.45, 7) is 3.54. The van der Waals surface area contributed by atoms with Crippen molar-refractivity contribution < 1.29 is 9.59 Å². The zero-order valence-corrected chi connectivity index (χ0v) is 16.1. The minimum atomic E-state index is -0.240. The van der Waals surface area contributed by atoms with Gasteiger partial charge in [-0.3, -0.25) is 9.59 Å². The van der Waals surface area contributed by atoms with Gasteiger partial charge in [0.05, 0.1) is 0 Å². The number of piperidine rings is 1. The van der Waals surface area contributed by atoms with E-state index in [1.54, 1.807) is 11.8 Å². The van der Waals surface area contributed by atoms with Gasteiger partial charge in [0, 0.05) is 36.7 Å². The summed E-state index contributed by atoms with van der Waals surface area (Å²) in [7, 11) is 1.87. The summed E-state index contributed by atoms with van der Waals surface area (Å²) < 4.78 is 0. The highest BCUT2D eigenvalue weighted by atomic mass is 32.2. The number of carbonyl (C=O) groups is 2. The molecule has 136 valence electrons. The molecule has 1 saturated carbocycles. The number of nitrogens with zero attached hydrogens (tertiary/aromatic N) is 2. The second-order valence-corrected chi connectivity index (χ2v) is 8.41. The van der Waals surface area contributed by atoms with E-state index in [9.17, 15) is 9.59 Å². The van der Waals surface area contributed by atoms with Crippen molar-refractivity contribution in [2.24, 2.45) is 5.92 Å². The van der Waals surface area contributed by atoms with E-state index in [2.05, 4.69) is 31.2 Å². The van der Waals surface area contributed by atoms with Gasteiger partial charge in [0.25, 0.3) is 0 Å². The predicted molar refractivity (Wildman–Crippen MR) is 102 cm³/mol. The minimum Gasteiger partial charge on any atom is -0.343 e. The van der Waals surface area contributed by atoms with Crippen LogP contribution in [0.15, 0.2) is 29.2 Å². The Morgan fingerprint density at radius 1 is 1.16 bits per heavy atom. The van der Waals surface area contributed by atoms with Gasteiger partial charge in [-0.2, -0.15) is 0 Å². The SMILES string of the molecule is Cc1ccc(SCCN(C)C(=O)C2CCCCN2C(=O)C2CC2)cc1. The van der Waals surface area contributed by atoms with E-state index in [1.807, 2.05) is 16.8 Å². The molecule has 2 aliphatic rings. The van der Waals surface area contributed by atoms with Gasteiger partial charge in [-0.25, -0.2) is 0 Å². The summed E-state index contributed by atoms with van der Waals surface area (Å²) >= 11 is 1.77. The van der Waals surface area contributed by atoms with E-state index in [0.29, 0.717) is 6.54 Å². The number of rotatable bonds is 6. The smallest absolute Gasteiger partial charge is 0.245 e. The zero-order valence-electron chi connectivity index (χ0n) is 15.2. The van der Waals surface area contributed by atoms with Crippen LogP contribution in [0.5, 0.6) is 0 Å². The molecule has 1 unspecified atom stereocenters. The molecule has 1 aliphatic heterocycles. The molecule has 1 aromatic carbocycles. The van der Waals surface area contributed by atoms with Crippen LogP contribution in [0, 0.1) is 12.8 Å². The number of amides is 2. The largest absolute Gasteiger partial charge is 0.343 e. The second-order valence-electron chi connectivity index (χ2n) is 7.24. The van der Waals surface area contributed by atoms with E-state index in [1.165, 1.54) is 10.5 Å². The van der Waals surface area contributed by atoms with Gasteiger partial charge in [-0.05, 0) is 51.2 Å². The molecule has 0 spiro atoms. The topological polar surface area (TPSA) is 40.6 Å². The highest BCUT2D eigenvalue weighted by Crippen LogP contribution is 2.33. The molecule has 0 radical (unpaired) electrons. The first-order chi connectivity index (χ1) is 12.1. The first kappa shape index (κ1) is 18.3. The normalized spacial score (nSPS) is 20.4. The Bertz CT molecular complexity index is 613. The van der Waals surface area contributed by atoms with Crippen LogP contribution in [0.3, 0.4) is 0 Å². The third kappa shape index (κ3) is 4.78. The number of aryl methyl sites for hydroxylation is 1. The Hall–Kier alpha value is -1.49. The lowest BCUT2D eigenvalue weighted by molar-refractivity contribution is -0.147. The van der Waals surface area contributed by atoms with Gasteiger partial charge in [-0.1, -0.05) is 17.7 Å². The monoisotopic (exact) mass is 360 g/mol. The van der Waals surface area contributed by atoms with Gasteiger partial charge in [-0.15, -0.1) is 11.8 Å². The van der Waals surface area contributed by atoms with Crippen molar-refractivity contribution in [3.05, 3.63) is 29.8 Å². The average Bonchev–Trinajstić information content (AvgIpc) is 3.47. The summed E-state index contributed by atoms with van der Waals surface area (Å²) in [6, 6.07) is 8.23. The quantitative estimate of drug-likeness (QED) is 0.731. The van der Waals surface area contributed by atoms with E-state index in [4.69, 9.17) is 0 Å². The lowest BCUT2D eigenvalue weighted by Gasteiger charge is -2.37. The number of thioether (sulfide) groups is 1. The maximum atomic E-state index is 12.9. The molecule has 1 heterocycles. The Kier molecular flexibility index (Phi) is 6.05. The standard InChI is InChI=1S/C20H28N2O2S/c1-15-6-10-17(11-7-15)25-14-13-21(2)20(24)18-5-3-4-12-22(18)19(23)16-8-9-16/h6-7,10-11,16,18H,3-5,8-9,12-14H2,1-2H3. The molecule has 25 heavy (non-hydrogen) atoms. The molecule has 2 fully saturated rings. The lowest BCUT2D eigenvalue weighted by Crippen LogP contribution is -2.53. The number of hydrogen-bond acceptors (Lipinski definition) is 3. The molecule has 1 saturated heterocycles.